The molecule has 0 spiro atoms. The van der Waals surface area contributed by atoms with E-state index >= 15 is 0 Å². The van der Waals surface area contributed by atoms with Gasteiger partial charge in [-0.05, 0) is 61.4 Å². The summed E-state index contributed by atoms with van der Waals surface area (Å²) < 4.78 is 33.0. The molecule has 1 fully saturated rings. The van der Waals surface area contributed by atoms with Crippen LogP contribution < -0.4 is 20.1 Å². The number of hydrogen-bond acceptors (Lipinski definition) is 5. The van der Waals surface area contributed by atoms with Crippen LogP contribution in [0.5, 0.6) is 5.75 Å². The summed E-state index contributed by atoms with van der Waals surface area (Å²) in [4.78, 5) is 23.2. The Balaban J connectivity index is 1.49. The minimum Gasteiger partial charge on any atom is -0.484 e. The van der Waals surface area contributed by atoms with Crippen LogP contribution in [0.2, 0.25) is 0 Å². The van der Waals surface area contributed by atoms with E-state index in [4.69, 9.17) is 4.74 Å². The fourth-order valence-corrected chi connectivity index (χ4v) is 4.54. The highest BCUT2D eigenvalue weighted by Crippen LogP contribution is 2.22. The van der Waals surface area contributed by atoms with Crippen LogP contribution in [-0.2, 0) is 19.6 Å². The molecule has 0 saturated heterocycles. The van der Waals surface area contributed by atoms with Gasteiger partial charge in [0, 0.05) is 24.3 Å². The van der Waals surface area contributed by atoms with Crippen LogP contribution in [0, 0.1) is 0 Å². The molecule has 1 saturated carbocycles. The number of carbonyl (C=O) groups is 2. The third kappa shape index (κ3) is 6.30. The molecule has 0 atom stereocenters. The average Bonchev–Trinajstić information content (AvgIpc) is 3.20. The summed E-state index contributed by atoms with van der Waals surface area (Å²) in [5.41, 5.74) is 1.20. The van der Waals surface area contributed by atoms with Crippen molar-refractivity contribution in [2.45, 2.75) is 43.5 Å². The fraction of sp³-hybridized carbons (Fsp3) is 0.333. The van der Waals surface area contributed by atoms with E-state index in [1.807, 2.05) is 0 Å². The molecule has 0 heterocycles. The van der Waals surface area contributed by atoms with Gasteiger partial charge in [0.2, 0.25) is 15.9 Å². The summed E-state index contributed by atoms with van der Waals surface area (Å²) >= 11 is 0. The fourth-order valence-electron chi connectivity index (χ4n) is 3.23. The highest BCUT2D eigenvalue weighted by atomic mass is 32.2. The van der Waals surface area contributed by atoms with Crippen molar-refractivity contribution in [3.63, 3.8) is 0 Å². The molecule has 160 valence electrons. The van der Waals surface area contributed by atoms with Crippen molar-refractivity contribution in [2.75, 3.05) is 17.2 Å². The van der Waals surface area contributed by atoms with Crippen LogP contribution in [0.4, 0.5) is 11.4 Å². The van der Waals surface area contributed by atoms with E-state index in [1.54, 1.807) is 24.3 Å². The number of rotatable bonds is 8. The van der Waals surface area contributed by atoms with Crippen molar-refractivity contribution < 1.29 is 22.7 Å². The zero-order valence-electron chi connectivity index (χ0n) is 16.7. The number of nitrogens with one attached hydrogen (secondary N) is 3. The van der Waals surface area contributed by atoms with Gasteiger partial charge in [-0.25, -0.2) is 13.1 Å². The Kier molecular flexibility index (Phi) is 7.07. The standard InChI is InChI=1S/C21H25N3O5S/c1-15(25)22-16-6-8-17(9-7-16)23-21(26)14-29-19-10-12-20(13-11-19)30(27,28)24-18-4-2-3-5-18/h6-13,18,24H,2-5,14H2,1H3,(H,22,25)(H,23,26). The third-order valence-corrected chi connectivity index (χ3v) is 6.21. The molecule has 8 nitrogen and oxygen atoms in total. The molecule has 0 aromatic heterocycles. The van der Waals surface area contributed by atoms with Gasteiger partial charge in [-0.1, -0.05) is 12.8 Å². The number of ether oxygens (including phenoxy) is 1. The molecule has 2 aromatic carbocycles. The molecule has 9 heteroatoms. The van der Waals surface area contributed by atoms with E-state index in [-0.39, 0.29) is 29.4 Å². The van der Waals surface area contributed by atoms with Gasteiger partial charge in [0.25, 0.3) is 5.91 Å². The first kappa shape index (κ1) is 21.8. The summed E-state index contributed by atoms with van der Waals surface area (Å²) in [6, 6.07) is 12.7. The lowest BCUT2D eigenvalue weighted by Crippen LogP contribution is -2.32. The topological polar surface area (TPSA) is 114 Å². The van der Waals surface area contributed by atoms with Crippen molar-refractivity contribution in [1.29, 1.82) is 0 Å². The molecule has 0 bridgehead atoms. The van der Waals surface area contributed by atoms with Gasteiger partial charge < -0.3 is 15.4 Å². The van der Waals surface area contributed by atoms with Crippen molar-refractivity contribution in [2.24, 2.45) is 0 Å². The number of anilines is 2. The maximum absolute atomic E-state index is 12.4. The van der Waals surface area contributed by atoms with Gasteiger partial charge in [-0.3, -0.25) is 9.59 Å². The SMILES string of the molecule is CC(=O)Nc1ccc(NC(=O)COc2ccc(S(=O)(=O)NC3CCCC3)cc2)cc1. The maximum atomic E-state index is 12.4. The molecule has 2 aromatic rings. The van der Waals surface area contributed by atoms with Crippen LogP contribution in [0.25, 0.3) is 0 Å². The molecule has 0 radical (unpaired) electrons. The van der Waals surface area contributed by atoms with Crippen LogP contribution in [0.1, 0.15) is 32.6 Å². The van der Waals surface area contributed by atoms with Crippen LogP contribution in [-0.4, -0.2) is 32.9 Å². The van der Waals surface area contributed by atoms with Gasteiger partial charge in [0.05, 0.1) is 4.90 Å². The van der Waals surface area contributed by atoms with Crippen molar-refractivity contribution in [1.82, 2.24) is 4.72 Å². The van der Waals surface area contributed by atoms with Gasteiger partial charge >= 0.3 is 0 Å². The summed E-state index contributed by atoms with van der Waals surface area (Å²) in [5, 5.41) is 5.33. The number of benzene rings is 2. The van der Waals surface area contributed by atoms with Crippen LogP contribution in [0.15, 0.2) is 53.4 Å². The largest absolute Gasteiger partial charge is 0.484 e. The predicted molar refractivity (Wildman–Crippen MR) is 114 cm³/mol. The molecule has 1 aliphatic carbocycles. The van der Waals surface area contributed by atoms with E-state index in [9.17, 15) is 18.0 Å². The quantitative estimate of drug-likeness (QED) is 0.595. The average molecular weight is 432 g/mol. The first-order valence-corrected chi connectivity index (χ1v) is 11.2. The highest BCUT2D eigenvalue weighted by molar-refractivity contribution is 7.89. The summed E-state index contributed by atoms with van der Waals surface area (Å²) in [5.74, 6) is -0.138. The Bertz CT molecular complexity index is 982. The van der Waals surface area contributed by atoms with Gasteiger partial charge in [-0.2, -0.15) is 0 Å². The Morgan fingerprint density at radius 3 is 2.07 bits per heavy atom. The second-order valence-corrected chi connectivity index (χ2v) is 8.88. The van der Waals surface area contributed by atoms with Gasteiger partial charge in [-0.15, -0.1) is 0 Å². The molecule has 0 unspecified atom stereocenters. The van der Waals surface area contributed by atoms with Crippen molar-refractivity contribution in [3.05, 3.63) is 48.5 Å². The minimum atomic E-state index is -3.55. The zero-order valence-corrected chi connectivity index (χ0v) is 17.5. The highest BCUT2D eigenvalue weighted by Gasteiger charge is 2.22. The smallest absolute Gasteiger partial charge is 0.262 e. The molecular weight excluding hydrogens is 406 g/mol. The lowest BCUT2D eigenvalue weighted by molar-refractivity contribution is -0.118. The van der Waals surface area contributed by atoms with E-state index in [2.05, 4.69) is 15.4 Å². The molecule has 30 heavy (non-hydrogen) atoms. The first-order chi connectivity index (χ1) is 14.3. The Morgan fingerprint density at radius 1 is 0.933 bits per heavy atom. The molecule has 2 amide bonds. The summed E-state index contributed by atoms with van der Waals surface area (Å²) in [6.07, 6.45) is 3.82. The van der Waals surface area contributed by atoms with Gasteiger partial charge in [0.15, 0.2) is 6.61 Å². The predicted octanol–water partition coefficient (Wildman–Crippen LogP) is 2.88. The van der Waals surface area contributed by atoms with E-state index in [1.165, 1.54) is 31.2 Å². The maximum Gasteiger partial charge on any atom is 0.262 e. The number of sulfonamides is 1. The van der Waals surface area contributed by atoms with Crippen molar-refractivity contribution >= 4 is 33.2 Å². The lowest BCUT2D eigenvalue weighted by Gasteiger charge is -2.13. The zero-order chi connectivity index (χ0) is 21.6. The van der Waals surface area contributed by atoms with E-state index < -0.39 is 10.0 Å². The summed E-state index contributed by atoms with van der Waals surface area (Å²) in [6.45, 7) is 1.20. The van der Waals surface area contributed by atoms with E-state index in [0.717, 1.165) is 25.7 Å². The molecule has 1 aliphatic rings. The van der Waals surface area contributed by atoms with E-state index in [0.29, 0.717) is 17.1 Å². The Labute approximate surface area is 176 Å². The Hall–Kier alpha value is -2.91. The number of hydrogen-bond donors (Lipinski definition) is 3. The normalized spacial score (nSPS) is 14.3. The van der Waals surface area contributed by atoms with Crippen LogP contribution in [0.3, 0.4) is 0 Å². The second kappa shape index (κ2) is 9.73. The third-order valence-electron chi connectivity index (χ3n) is 4.67. The number of carbonyl (C=O) groups excluding carboxylic acids is 2. The first-order valence-electron chi connectivity index (χ1n) is 9.74. The monoisotopic (exact) mass is 431 g/mol. The minimum absolute atomic E-state index is 0.00179. The molecular formula is C21H25N3O5S. The summed E-state index contributed by atoms with van der Waals surface area (Å²) in [7, 11) is -3.55. The Morgan fingerprint density at radius 2 is 1.50 bits per heavy atom. The number of amides is 2. The van der Waals surface area contributed by atoms with Crippen molar-refractivity contribution in [3.8, 4) is 5.75 Å². The second-order valence-electron chi connectivity index (χ2n) is 7.17. The molecule has 3 N–H and O–H groups in total. The molecule has 0 aliphatic heterocycles. The van der Waals surface area contributed by atoms with Gasteiger partial charge in [0.1, 0.15) is 5.75 Å². The van der Waals surface area contributed by atoms with Crippen LogP contribution >= 0.6 is 0 Å². The molecule has 3 rings (SSSR count). The lowest BCUT2D eigenvalue weighted by atomic mass is 10.2.